The summed E-state index contributed by atoms with van der Waals surface area (Å²) in [6.07, 6.45) is 0. The second-order valence-corrected chi connectivity index (χ2v) is 6.27. The van der Waals surface area contributed by atoms with Crippen molar-refractivity contribution >= 4 is 11.6 Å². The quantitative estimate of drug-likeness (QED) is 0.814. The van der Waals surface area contributed by atoms with Crippen LogP contribution in [0.3, 0.4) is 0 Å². The minimum atomic E-state index is 0.0796. The molecule has 0 saturated carbocycles. The lowest BCUT2D eigenvalue weighted by Crippen LogP contribution is -2.41. The van der Waals surface area contributed by atoms with Crippen LogP contribution in [0.25, 0.3) is 0 Å². The average Bonchev–Trinajstić information content (AvgIpc) is 2.90. The highest BCUT2D eigenvalue weighted by Gasteiger charge is 2.19. The fourth-order valence-corrected chi connectivity index (χ4v) is 2.59. The van der Waals surface area contributed by atoms with Crippen molar-refractivity contribution in [2.75, 3.05) is 18.5 Å². The number of furan rings is 1. The summed E-state index contributed by atoms with van der Waals surface area (Å²) >= 11 is 0. The minimum absolute atomic E-state index is 0.0796. The Bertz CT molecular complexity index is 661. The molecule has 0 bridgehead atoms. The van der Waals surface area contributed by atoms with Gasteiger partial charge in [0, 0.05) is 18.8 Å². The van der Waals surface area contributed by atoms with E-state index in [9.17, 15) is 4.79 Å². The first-order chi connectivity index (χ1) is 10.9. The van der Waals surface area contributed by atoms with Crippen LogP contribution in [0.1, 0.15) is 30.9 Å². The summed E-state index contributed by atoms with van der Waals surface area (Å²) in [6.45, 7) is 9.05. The third-order valence-corrected chi connectivity index (χ3v) is 3.97. The summed E-state index contributed by atoms with van der Waals surface area (Å²) < 4.78 is 5.55. The number of rotatable bonds is 6. The third-order valence-electron chi connectivity index (χ3n) is 3.97. The van der Waals surface area contributed by atoms with E-state index >= 15 is 0 Å². The van der Waals surface area contributed by atoms with E-state index in [4.69, 9.17) is 4.42 Å². The van der Waals surface area contributed by atoms with Crippen molar-refractivity contribution in [2.24, 2.45) is 0 Å². The van der Waals surface area contributed by atoms with Crippen LogP contribution in [-0.2, 0) is 11.3 Å². The third kappa shape index (κ3) is 4.38. The monoisotopic (exact) mass is 314 g/mol. The Balaban J connectivity index is 2.07. The zero-order chi connectivity index (χ0) is 17.0. The van der Waals surface area contributed by atoms with Gasteiger partial charge in [-0.25, -0.2) is 0 Å². The largest absolute Gasteiger partial charge is 0.464 e. The van der Waals surface area contributed by atoms with E-state index in [0.717, 1.165) is 17.2 Å². The smallest absolute Gasteiger partial charge is 0.242 e. The number of nitrogens with zero attached hydrogens (tertiary/aromatic N) is 2. The molecule has 0 unspecified atom stereocenters. The molecule has 1 heterocycles. The molecule has 23 heavy (non-hydrogen) atoms. The Morgan fingerprint density at radius 2 is 1.83 bits per heavy atom. The number of hydrogen-bond donors (Lipinski definition) is 0. The van der Waals surface area contributed by atoms with E-state index < -0.39 is 0 Å². The SMILES string of the molecule is Cc1ccc(CN(C)C(=O)CN(c2ccccc2C)C(C)C)o1. The molecule has 124 valence electrons. The van der Waals surface area contributed by atoms with Gasteiger partial charge in [-0.2, -0.15) is 0 Å². The number of carbonyl (C=O) groups is 1. The highest BCUT2D eigenvalue weighted by molar-refractivity contribution is 5.81. The van der Waals surface area contributed by atoms with Gasteiger partial charge in [0.15, 0.2) is 0 Å². The normalized spacial score (nSPS) is 10.9. The van der Waals surface area contributed by atoms with Gasteiger partial charge in [0.25, 0.3) is 0 Å². The first-order valence-corrected chi connectivity index (χ1v) is 8.00. The van der Waals surface area contributed by atoms with Gasteiger partial charge in [0.05, 0.1) is 13.1 Å². The molecule has 4 heteroatoms. The lowest BCUT2D eigenvalue weighted by molar-refractivity contribution is -0.129. The Labute approximate surface area is 138 Å². The number of hydrogen-bond acceptors (Lipinski definition) is 3. The lowest BCUT2D eigenvalue weighted by atomic mass is 10.1. The molecule has 0 aliphatic rings. The molecule has 0 N–H and O–H groups in total. The molecule has 0 radical (unpaired) electrons. The molecule has 0 aliphatic carbocycles. The fraction of sp³-hybridized carbons (Fsp3) is 0.421. The van der Waals surface area contributed by atoms with Gasteiger partial charge in [0.1, 0.15) is 11.5 Å². The van der Waals surface area contributed by atoms with E-state index in [1.165, 1.54) is 5.56 Å². The number of aryl methyl sites for hydroxylation is 2. The molecule has 0 aliphatic heterocycles. The van der Waals surface area contributed by atoms with Crippen LogP contribution < -0.4 is 4.90 Å². The average molecular weight is 314 g/mol. The van der Waals surface area contributed by atoms with E-state index in [1.54, 1.807) is 4.90 Å². The van der Waals surface area contributed by atoms with Crippen molar-refractivity contribution in [3.05, 3.63) is 53.5 Å². The van der Waals surface area contributed by atoms with E-state index in [2.05, 4.69) is 37.8 Å². The van der Waals surface area contributed by atoms with E-state index in [0.29, 0.717) is 13.1 Å². The first kappa shape index (κ1) is 17.1. The molecule has 1 aromatic heterocycles. The van der Waals surface area contributed by atoms with Crippen molar-refractivity contribution in [2.45, 2.75) is 40.3 Å². The van der Waals surface area contributed by atoms with Crippen molar-refractivity contribution in [1.82, 2.24) is 4.90 Å². The lowest BCUT2D eigenvalue weighted by Gasteiger charge is -2.31. The van der Waals surface area contributed by atoms with Crippen LogP contribution >= 0.6 is 0 Å². The molecular weight excluding hydrogens is 288 g/mol. The highest BCUT2D eigenvalue weighted by atomic mass is 16.3. The predicted octanol–water partition coefficient (Wildman–Crippen LogP) is 3.77. The van der Waals surface area contributed by atoms with Crippen LogP contribution in [-0.4, -0.2) is 30.4 Å². The van der Waals surface area contributed by atoms with Crippen LogP contribution in [0.15, 0.2) is 40.8 Å². The second-order valence-electron chi connectivity index (χ2n) is 6.27. The first-order valence-electron chi connectivity index (χ1n) is 8.00. The summed E-state index contributed by atoms with van der Waals surface area (Å²) in [5.41, 5.74) is 2.29. The maximum Gasteiger partial charge on any atom is 0.242 e. The maximum absolute atomic E-state index is 12.6. The number of amides is 1. The van der Waals surface area contributed by atoms with Crippen molar-refractivity contribution in [3.8, 4) is 0 Å². The molecule has 1 aromatic carbocycles. The number of likely N-dealkylation sites (N-methyl/N-ethyl adjacent to an activating group) is 1. The summed E-state index contributed by atoms with van der Waals surface area (Å²) in [7, 11) is 1.82. The summed E-state index contributed by atoms with van der Waals surface area (Å²) in [5, 5.41) is 0. The number of benzene rings is 1. The van der Waals surface area contributed by atoms with Gasteiger partial charge in [-0.1, -0.05) is 18.2 Å². The molecule has 0 atom stereocenters. The van der Waals surface area contributed by atoms with Gasteiger partial charge < -0.3 is 14.2 Å². The molecular formula is C19H26N2O2. The summed E-state index contributed by atoms with van der Waals surface area (Å²) in [6, 6.07) is 12.3. The van der Waals surface area contributed by atoms with Crippen LogP contribution in [0, 0.1) is 13.8 Å². The number of carbonyl (C=O) groups excluding carboxylic acids is 1. The van der Waals surface area contributed by atoms with E-state index in [1.807, 2.05) is 38.2 Å². The Morgan fingerprint density at radius 3 is 2.39 bits per heavy atom. The predicted molar refractivity (Wildman–Crippen MR) is 93.6 cm³/mol. The van der Waals surface area contributed by atoms with E-state index in [-0.39, 0.29) is 11.9 Å². The van der Waals surface area contributed by atoms with Gasteiger partial charge in [0.2, 0.25) is 5.91 Å². The number of para-hydroxylation sites is 1. The van der Waals surface area contributed by atoms with Gasteiger partial charge in [-0.3, -0.25) is 4.79 Å². The Hall–Kier alpha value is -2.23. The minimum Gasteiger partial charge on any atom is -0.464 e. The van der Waals surface area contributed by atoms with Gasteiger partial charge in [-0.05, 0) is 51.5 Å². The van der Waals surface area contributed by atoms with Crippen molar-refractivity contribution in [3.63, 3.8) is 0 Å². The molecule has 4 nitrogen and oxygen atoms in total. The molecule has 1 amide bonds. The number of anilines is 1. The second kappa shape index (κ2) is 7.36. The molecule has 0 spiro atoms. The molecule has 0 fully saturated rings. The van der Waals surface area contributed by atoms with Crippen LogP contribution in [0.4, 0.5) is 5.69 Å². The summed E-state index contributed by atoms with van der Waals surface area (Å²) in [5.74, 6) is 1.76. The topological polar surface area (TPSA) is 36.7 Å². The van der Waals surface area contributed by atoms with Gasteiger partial charge in [-0.15, -0.1) is 0 Å². The van der Waals surface area contributed by atoms with Gasteiger partial charge >= 0.3 is 0 Å². The Morgan fingerprint density at radius 1 is 1.13 bits per heavy atom. The van der Waals surface area contributed by atoms with Crippen molar-refractivity contribution < 1.29 is 9.21 Å². The Kier molecular flexibility index (Phi) is 5.48. The van der Waals surface area contributed by atoms with Crippen molar-refractivity contribution in [1.29, 1.82) is 0 Å². The standard InChI is InChI=1S/C19H26N2O2/c1-14(2)21(18-9-7-6-8-15(18)3)13-19(22)20(5)12-17-11-10-16(4)23-17/h6-11,14H,12-13H2,1-5H3. The fourth-order valence-electron chi connectivity index (χ4n) is 2.59. The molecule has 2 aromatic rings. The highest BCUT2D eigenvalue weighted by Crippen LogP contribution is 2.21. The van der Waals surface area contributed by atoms with Crippen LogP contribution in [0.2, 0.25) is 0 Å². The molecule has 0 saturated heterocycles. The summed E-state index contributed by atoms with van der Waals surface area (Å²) in [4.78, 5) is 16.5. The zero-order valence-electron chi connectivity index (χ0n) is 14.7. The molecule has 2 rings (SSSR count). The zero-order valence-corrected chi connectivity index (χ0v) is 14.7. The maximum atomic E-state index is 12.6. The van der Waals surface area contributed by atoms with Crippen LogP contribution in [0.5, 0.6) is 0 Å².